The molecule has 2 rings (SSSR count). The van der Waals surface area contributed by atoms with E-state index in [9.17, 15) is 14.4 Å². The molecule has 1 aromatic carbocycles. The molecule has 0 radical (unpaired) electrons. The minimum Gasteiger partial charge on any atom is -0.480 e. The molecular weight excluding hydrogens is 274 g/mol. The summed E-state index contributed by atoms with van der Waals surface area (Å²) in [6.07, 6.45) is -0.722. The fourth-order valence-electron chi connectivity index (χ4n) is 2.23. The highest BCUT2D eigenvalue weighted by Gasteiger charge is 2.37. The first kappa shape index (κ1) is 15.0. The van der Waals surface area contributed by atoms with Crippen molar-refractivity contribution in [1.29, 1.82) is 0 Å². The number of carboxylic acid groups (broad SMARTS) is 1. The molecule has 1 heterocycles. The van der Waals surface area contributed by atoms with E-state index < -0.39 is 24.5 Å². The number of ketones is 1. The maximum Gasteiger partial charge on any atom is 0.323 e. The summed E-state index contributed by atoms with van der Waals surface area (Å²) in [5, 5.41) is 9.01. The van der Waals surface area contributed by atoms with Gasteiger partial charge in [-0.3, -0.25) is 19.3 Å². The van der Waals surface area contributed by atoms with Crippen molar-refractivity contribution < 1.29 is 24.2 Å². The minimum absolute atomic E-state index is 0.0885. The van der Waals surface area contributed by atoms with E-state index in [1.54, 1.807) is 12.1 Å². The number of carbonyl (C=O) groups is 3. The van der Waals surface area contributed by atoms with Crippen molar-refractivity contribution in [2.75, 3.05) is 11.4 Å². The molecule has 21 heavy (non-hydrogen) atoms. The van der Waals surface area contributed by atoms with Gasteiger partial charge in [-0.05, 0) is 31.0 Å². The molecule has 0 saturated carbocycles. The Morgan fingerprint density at radius 2 is 2.05 bits per heavy atom. The number of nitrogens with zero attached hydrogens (tertiary/aromatic N) is 1. The molecule has 6 nitrogen and oxygen atoms in total. The number of hydrogen-bond donors (Lipinski definition) is 1. The number of carboxylic acids is 1. The first-order valence-electron chi connectivity index (χ1n) is 6.66. The summed E-state index contributed by atoms with van der Waals surface area (Å²) in [7, 11) is 0. The fraction of sp³-hybridized carbons (Fsp3) is 0.400. The van der Waals surface area contributed by atoms with Gasteiger partial charge in [0.2, 0.25) is 0 Å². The van der Waals surface area contributed by atoms with Gasteiger partial charge in [0, 0.05) is 5.56 Å². The maximum absolute atomic E-state index is 12.4. The largest absolute Gasteiger partial charge is 0.480 e. The lowest BCUT2D eigenvalue weighted by Crippen LogP contribution is -2.50. The standard InChI is InChI=1S/C15H17NO5/c1-8(2)14-15(20)16(7-13(18)19)11-6-10(9(3)17)4-5-12(11)21-14/h4-6,8,14H,7H2,1-3H3,(H,18,19). The molecule has 0 spiro atoms. The maximum atomic E-state index is 12.4. The van der Waals surface area contributed by atoms with Gasteiger partial charge in [-0.1, -0.05) is 13.8 Å². The molecule has 0 aliphatic carbocycles. The molecule has 1 aliphatic heterocycles. The number of anilines is 1. The highest BCUT2D eigenvalue weighted by atomic mass is 16.5. The predicted molar refractivity (Wildman–Crippen MR) is 75.7 cm³/mol. The highest BCUT2D eigenvalue weighted by molar-refractivity contribution is 6.04. The van der Waals surface area contributed by atoms with E-state index in [-0.39, 0.29) is 11.7 Å². The van der Waals surface area contributed by atoms with Crippen molar-refractivity contribution >= 4 is 23.3 Å². The average molecular weight is 291 g/mol. The van der Waals surface area contributed by atoms with Crippen LogP contribution in [0.2, 0.25) is 0 Å². The lowest BCUT2D eigenvalue weighted by Gasteiger charge is -2.35. The zero-order valence-corrected chi connectivity index (χ0v) is 12.1. The van der Waals surface area contributed by atoms with Crippen LogP contribution in [-0.4, -0.2) is 35.4 Å². The third kappa shape index (κ3) is 2.89. The third-order valence-corrected chi connectivity index (χ3v) is 3.32. The van der Waals surface area contributed by atoms with Gasteiger partial charge in [0.05, 0.1) is 5.69 Å². The number of fused-ring (bicyclic) bond motifs is 1. The number of aliphatic carboxylic acids is 1. The Morgan fingerprint density at radius 1 is 1.38 bits per heavy atom. The molecule has 0 bridgehead atoms. The first-order chi connectivity index (χ1) is 9.81. The summed E-state index contributed by atoms with van der Waals surface area (Å²) in [5.41, 5.74) is 0.732. The first-order valence-corrected chi connectivity index (χ1v) is 6.66. The number of carbonyl (C=O) groups excluding carboxylic acids is 2. The SMILES string of the molecule is CC(=O)c1ccc2c(c1)N(CC(=O)O)C(=O)C(C(C)C)O2. The molecule has 1 aromatic rings. The number of benzene rings is 1. The summed E-state index contributed by atoms with van der Waals surface area (Å²) in [6, 6.07) is 4.70. The zero-order valence-electron chi connectivity index (χ0n) is 12.1. The number of amides is 1. The van der Waals surface area contributed by atoms with E-state index >= 15 is 0 Å². The second-order valence-corrected chi connectivity index (χ2v) is 5.34. The predicted octanol–water partition coefficient (Wildman–Crippen LogP) is 1.72. The summed E-state index contributed by atoms with van der Waals surface area (Å²) in [5.74, 6) is -1.35. The van der Waals surface area contributed by atoms with E-state index in [0.717, 1.165) is 4.90 Å². The zero-order chi connectivity index (χ0) is 15.7. The molecule has 1 unspecified atom stereocenters. The van der Waals surface area contributed by atoms with Crippen LogP contribution in [0.15, 0.2) is 18.2 Å². The van der Waals surface area contributed by atoms with Crippen LogP contribution >= 0.6 is 0 Å². The van der Waals surface area contributed by atoms with Crippen LogP contribution in [0.4, 0.5) is 5.69 Å². The van der Waals surface area contributed by atoms with Crippen LogP contribution in [0.5, 0.6) is 5.75 Å². The van der Waals surface area contributed by atoms with E-state index in [2.05, 4.69) is 0 Å². The monoisotopic (exact) mass is 291 g/mol. The van der Waals surface area contributed by atoms with Gasteiger partial charge in [-0.15, -0.1) is 0 Å². The van der Waals surface area contributed by atoms with Crippen LogP contribution in [-0.2, 0) is 9.59 Å². The Labute approximate surface area is 122 Å². The Morgan fingerprint density at radius 3 is 2.57 bits per heavy atom. The van der Waals surface area contributed by atoms with E-state index in [1.165, 1.54) is 13.0 Å². The van der Waals surface area contributed by atoms with Crippen LogP contribution in [0.3, 0.4) is 0 Å². The second kappa shape index (κ2) is 5.55. The third-order valence-electron chi connectivity index (χ3n) is 3.32. The summed E-state index contributed by atoms with van der Waals surface area (Å²) in [4.78, 5) is 36.0. The molecule has 6 heteroatoms. The topological polar surface area (TPSA) is 83.9 Å². The van der Waals surface area contributed by atoms with Gasteiger partial charge in [0.1, 0.15) is 12.3 Å². The van der Waals surface area contributed by atoms with E-state index in [0.29, 0.717) is 17.0 Å². The molecule has 0 saturated heterocycles. The lowest BCUT2D eigenvalue weighted by molar-refractivity contribution is -0.138. The Hall–Kier alpha value is -2.37. The molecule has 1 N–H and O–H groups in total. The molecule has 1 aliphatic rings. The van der Waals surface area contributed by atoms with Gasteiger partial charge < -0.3 is 9.84 Å². The number of hydrogen-bond acceptors (Lipinski definition) is 4. The second-order valence-electron chi connectivity index (χ2n) is 5.34. The Balaban J connectivity index is 2.51. The van der Waals surface area contributed by atoms with Crippen LogP contribution in [0.1, 0.15) is 31.1 Å². The fourth-order valence-corrected chi connectivity index (χ4v) is 2.23. The number of ether oxygens (including phenoxy) is 1. The summed E-state index contributed by atoms with van der Waals surface area (Å²) < 4.78 is 5.66. The van der Waals surface area contributed by atoms with Gasteiger partial charge in [0.15, 0.2) is 11.9 Å². The van der Waals surface area contributed by atoms with E-state index in [1.807, 2.05) is 13.8 Å². The van der Waals surface area contributed by atoms with Crippen molar-refractivity contribution in [3.8, 4) is 5.75 Å². The Kier molecular flexibility index (Phi) is 3.97. The van der Waals surface area contributed by atoms with E-state index in [4.69, 9.17) is 9.84 Å². The lowest BCUT2D eigenvalue weighted by atomic mass is 10.0. The highest BCUT2D eigenvalue weighted by Crippen LogP contribution is 2.36. The quantitative estimate of drug-likeness (QED) is 0.854. The molecule has 0 aromatic heterocycles. The van der Waals surface area contributed by atoms with Crippen molar-refractivity contribution in [1.82, 2.24) is 0 Å². The molecule has 112 valence electrons. The van der Waals surface area contributed by atoms with Crippen molar-refractivity contribution in [3.63, 3.8) is 0 Å². The molecular formula is C15H17NO5. The summed E-state index contributed by atoms with van der Waals surface area (Å²) >= 11 is 0. The van der Waals surface area contributed by atoms with Crippen molar-refractivity contribution in [3.05, 3.63) is 23.8 Å². The minimum atomic E-state index is -1.12. The Bertz CT molecular complexity index is 608. The number of rotatable bonds is 4. The van der Waals surface area contributed by atoms with Crippen LogP contribution < -0.4 is 9.64 Å². The normalized spacial score (nSPS) is 17.4. The van der Waals surface area contributed by atoms with Crippen molar-refractivity contribution in [2.45, 2.75) is 26.9 Å². The average Bonchev–Trinajstić information content (AvgIpc) is 2.40. The smallest absolute Gasteiger partial charge is 0.323 e. The molecule has 1 atom stereocenters. The van der Waals surface area contributed by atoms with Crippen molar-refractivity contribution in [2.24, 2.45) is 5.92 Å². The van der Waals surface area contributed by atoms with Gasteiger partial charge in [-0.25, -0.2) is 0 Å². The summed E-state index contributed by atoms with van der Waals surface area (Å²) in [6.45, 7) is 4.61. The van der Waals surface area contributed by atoms with Gasteiger partial charge in [-0.2, -0.15) is 0 Å². The number of Topliss-reactive ketones (excluding diaryl/α,β-unsaturated/α-hetero) is 1. The van der Waals surface area contributed by atoms with Gasteiger partial charge in [0.25, 0.3) is 5.91 Å². The van der Waals surface area contributed by atoms with Gasteiger partial charge >= 0.3 is 5.97 Å². The molecule has 1 amide bonds. The van der Waals surface area contributed by atoms with Crippen LogP contribution in [0, 0.1) is 5.92 Å². The van der Waals surface area contributed by atoms with Crippen LogP contribution in [0.25, 0.3) is 0 Å². The molecule has 0 fully saturated rings.